The largest absolute Gasteiger partial charge is 0.508 e. The number of rotatable bonds is 6. The maximum atomic E-state index is 9.51. The Balaban J connectivity index is 0.00000117. The van der Waals surface area contributed by atoms with Gasteiger partial charge in [0.25, 0.3) is 0 Å². The second-order valence-corrected chi connectivity index (χ2v) is 6.46. The van der Waals surface area contributed by atoms with Crippen molar-refractivity contribution in [2.75, 3.05) is 33.4 Å². The molecular formula is C24H28N2O3. The van der Waals surface area contributed by atoms with Gasteiger partial charge in [0.2, 0.25) is 0 Å². The molecule has 29 heavy (non-hydrogen) atoms. The van der Waals surface area contributed by atoms with Crippen molar-refractivity contribution < 1.29 is 14.6 Å². The first-order valence-corrected chi connectivity index (χ1v) is 10.0. The molecule has 0 saturated carbocycles. The Morgan fingerprint density at radius 2 is 1.69 bits per heavy atom. The van der Waals surface area contributed by atoms with Gasteiger partial charge in [-0.2, -0.15) is 0 Å². The maximum absolute atomic E-state index is 9.51. The van der Waals surface area contributed by atoms with Gasteiger partial charge in [0.1, 0.15) is 23.9 Å². The van der Waals surface area contributed by atoms with Gasteiger partial charge in [0.05, 0.1) is 18.7 Å². The number of fused-ring (bicyclic) bond motifs is 1. The maximum Gasteiger partial charge on any atom is 0.132 e. The van der Waals surface area contributed by atoms with Crippen LogP contribution < -0.4 is 10.1 Å². The van der Waals surface area contributed by atoms with Gasteiger partial charge in [-0.1, -0.05) is 38.1 Å². The minimum atomic E-state index is 0.269. The molecule has 0 saturated heterocycles. The number of amidine groups is 1. The topological polar surface area (TPSA) is 63.1 Å². The molecular weight excluding hydrogens is 364 g/mol. The van der Waals surface area contributed by atoms with Crippen molar-refractivity contribution in [3.63, 3.8) is 0 Å². The van der Waals surface area contributed by atoms with Crippen LogP contribution in [0.4, 0.5) is 0 Å². The molecule has 0 bridgehead atoms. The van der Waals surface area contributed by atoms with Crippen molar-refractivity contribution in [3.05, 3.63) is 60.2 Å². The molecule has 1 aliphatic rings. The summed E-state index contributed by atoms with van der Waals surface area (Å²) in [6, 6.07) is 17.8. The summed E-state index contributed by atoms with van der Waals surface area (Å²) in [7, 11) is 1.66. The Morgan fingerprint density at radius 1 is 0.931 bits per heavy atom. The summed E-state index contributed by atoms with van der Waals surface area (Å²) in [6.45, 7) is 6.65. The van der Waals surface area contributed by atoms with E-state index in [4.69, 9.17) is 9.47 Å². The third kappa shape index (κ3) is 4.87. The lowest BCUT2D eigenvalue weighted by Gasteiger charge is -2.14. The Kier molecular flexibility index (Phi) is 7.09. The molecule has 3 aromatic carbocycles. The van der Waals surface area contributed by atoms with E-state index in [0.717, 1.165) is 52.1 Å². The molecule has 0 amide bonds. The SMILES string of the molecule is CC.COCCOc1cc2ccc(-c3ccc(O)cc3)cc2cc1C1=NCCN1. The number of nitrogens with zero attached hydrogens (tertiary/aromatic N) is 1. The molecule has 0 aromatic heterocycles. The lowest BCUT2D eigenvalue weighted by molar-refractivity contribution is 0.146. The number of phenols is 1. The van der Waals surface area contributed by atoms with Crippen molar-refractivity contribution in [2.24, 2.45) is 4.99 Å². The van der Waals surface area contributed by atoms with Crippen LogP contribution in [0.1, 0.15) is 19.4 Å². The van der Waals surface area contributed by atoms with E-state index in [0.29, 0.717) is 13.2 Å². The highest BCUT2D eigenvalue weighted by molar-refractivity contribution is 6.06. The zero-order valence-electron chi connectivity index (χ0n) is 17.2. The number of ether oxygens (including phenoxy) is 2. The summed E-state index contributed by atoms with van der Waals surface area (Å²) in [5.74, 6) is 1.95. The minimum absolute atomic E-state index is 0.269. The third-order valence-corrected chi connectivity index (χ3v) is 4.61. The van der Waals surface area contributed by atoms with Crippen LogP contribution in [0, 0.1) is 0 Å². The number of hydrogen-bond donors (Lipinski definition) is 2. The molecule has 4 rings (SSSR count). The van der Waals surface area contributed by atoms with Crippen LogP contribution >= 0.6 is 0 Å². The van der Waals surface area contributed by atoms with Crippen molar-refractivity contribution in [1.82, 2.24) is 5.32 Å². The number of benzene rings is 3. The van der Waals surface area contributed by atoms with E-state index < -0.39 is 0 Å². The monoisotopic (exact) mass is 392 g/mol. The Bertz CT molecular complexity index is 981. The third-order valence-electron chi connectivity index (χ3n) is 4.61. The second-order valence-electron chi connectivity index (χ2n) is 6.46. The number of phenolic OH excluding ortho intramolecular Hbond substituents is 1. The highest BCUT2D eigenvalue weighted by atomic mass is 16.5. The van der Waals surface area contributed by atoms with Gasteiger partial charge >= 0.3 is 0 Å². The normalized spacial score (nSPS) is 12.7. The minimum Gasteiger partial charge on any atom is -0.508 e. The average molecular weight is 392 g/mol. The molecule has 1 heterocycles. The van der Waals surface area contributed by atoms with E-state index in [9.17, 15) is 5.11 Å². The van der Waals surface area contributed by atoms with Gasteiger partial charge in [-0.3, -0.25) is 4.99 Å². The standard InChI is InChI=1S/C22H22N2O3.C2H6/c1-26-10-11-27-21-14-17-3-2-16(15-4-6-19(25)7-5-15)12-18(17)13-20(21)22-23-8-9-24-22;1-2/h2-7,12-14,25H,8-11H2,1H3,(H,23,24);1-2H3. The van der Waals surface area contributed by atoms with Crippen LogP contribution in [0.3, 0.4) is 0 Å². The predicted molar refractivity (Wildman–Crippen MR) is 119 cm³/mol. The van der Waals surface area contributed by atoms with Crippen LogP contribution in [0.15, 0.2) is 59.6 Å². The van der Waals surface area contributed by atoms with Crippen molar-refractivity contribution in [2.45, 2.75) is 13.8 Å². The fourth-order valence-electron chi connectivity index (χ4n) is 3.23. The highest BCUT2D eigenvalue weighted by Crippen LogP contribution is 2.31. The van der Waals surface area contributed by atoms with Crippen molar-refractivity contribution >= 4 is 16.6 Å². The fraction of sp³-hybridized carbons (Fsp3) is 0.292. The lowest BCUT2D eigenvalue weighted by atomic mass is 9.99. The van der Waals surface area contributed by atoms with Gasteiger partial charge in [0.15, 0.2) is 0 Å². The van der Waals surface area contributed by atoms with Gasteiger partial charge in [0, 0.05) is 13.7 Å². The first kappa shape index (κ1) is 20.7. The molecule has 152 valence electrons. The van der Waals surface area contributed by atoms with Gasteiger partial charge in [-0.25, -0.2) is 0 Å². The smallest absolute Gasteiger partial charge is 0.132 e. The molecule has 0 fully saturated rings. The lowest BCUT2D eigenvalue weighted by Crippen LogP contribution is -2.20. The molecule has 0 atom stereocenters. The first-order chi connectivity index (χ1) is 14.2. The Labute approximate surface area is 172 Å². The predicted octanol–water partition coefficient (Wildman–Crippen LogP) is 4.61. The van der Waals surface area contributed by atoms with Crippen molar-refractivity contribution in [3.8, 4) is 22.6 Å². The van der Waals surface area contributed by atoms with E-state index in [-0.39, 0.29) is 5.75 Å². The quantitative estimate of drug-likeness (QED) is 0.601. The van der Waals surface area contributed by atoms with Gasteiger partial charge in [-0.15, -0.1) is 0 Å². The Hall–Kier alpha value is -3.05. The second kappa shape index (κ2) is 9.94. The van der Waals surface area contributed by atoms with E-state index in [1.165, 1.54) is 0 Å². The molecule has 3 aromatic rings. The molecule has 1 aliphatic heterocycles. The zero-order valence-corrected chi connectivity index (χ0v) is 17.2. The molecule has 2 N–H and O–H groups in total. The molecule has 0 spiro atoms. The van der Waals surface area contributed by atoms with Crippen LogP contribution in [0.5, 0.6) is 11.5 Å². The summed E-state index contributed by atoms with van der Waals surface area (Å²) in [5.41, 5.74) is 3.13. The van der Waals surface area contributed by atoms with Crippen LogP contribution in [0.2, 0.25) is 0 Å². The highest BCUT2D eigenvalue weighted by Gasteiger charge is 2.15. The van der Waals surface area contributed by atoms with E-state index >= 15 is 0 Å². The van der Waals surface area contributed by atoms with Crippen molar-refractivity contribution in [1.29, 1.82) is 0 Å². The van der Waals surface area contributed by atoms with E-state index in [1.807, 2.05) is 26.0 Å². The van der Waals surface area contributed by atoms with Crippen LogP contribution in [-0.2, 0) is 4.74 Å². The first-order valence-electron chi connectivity index (χ1n) is 10.0. The number of aromatic hydroxyl groups is 1. The molecule has 0 unspecified atom stereocenters. The number of nitrogens with one attached hydrogen (secondary N) is 1. The number of methoxy groups -OCH3 is 1. The molecule has 0 radical (unpaired) electrons. The van der Waals surface area contributed by atoms with Gasteiger partial charge in [-0.05, 0) is 52.2 Å². The van der Waals surface area contributed by atoms with Crippen LogP contribution in [0.25, 0.3) is 21.9 Å². The summed E-state index contributed by atoms with van der Waals surface area (Å²) in [4.78, 5) is 4.56. The molecule has 5 heteroatoms. The van der Waals surface area contributed by atoms with Crippen LogP contribution in [-0.4, -0.2) is 44.4 Å². The molecule has 0 aliphatic carbocycles. The fourth-order valence-corrected chi connectivity index (χ4v) is 3.23. The number of hydrogen-bond acceptors (Lipinski definition) is 5. The number of aliphatic imine (C=N–C) groups is 1. The zero-order chi connectivity index (χ0) is 20.6. The van der Waals surface area contributed by atoms with E-state index in [2.05, 4.69) is 40.6 Å². The average Bonchev–Trinajstić information content (AvgIpc) is 3.30. The summed E-state index contributed by atoms with van der Waals surface area (Å²) in [5, 5.41) is 15.1. The van der Waals surface area contributed by atoms with E-state index in [1.54, 1.807) is 19.2 Å². The summed E-state index contributed by atoms with van der Waals surface area (Å²) >= 11 is 0. The summed E-state index contributed by atoms with van der Waals surface area (Å²) < 4.78 is 11.1. The Morgan fingerprint density at radius 3 is 2.38 bits per heavy atom. The van der Waals surface area contributed by atoms with Gasteiger partial charge < -0.3 is 19.9 Å². The summed E-state index contributed by atoms with van der Waals surface area (Å²) in [6.07, 6.45) is 0. The molecule has 5 nitrogen and oxygen atoms in total.